The number of fused-ring (bicyclic) bond motifs is 1. The molecule has 0 amide bonds. The molecule has 2 aromatic rings. The SMILES string of the molecule is N[C@@H]1CCCN(c2ccc3ncccc3c2[N+](=O)[O-])C1. The number of rotatable bonds is 2. The van der Waals surface area contributed by atoms with Crippen LogP contribution in [0.3, 0.4) is 0 Å². The first kappa shape index (κ1) is 12.8. The Bertz CT molecular complexity index is 659. The van der Waals surface area contributed by atoms with E-state index in [1.807, 2.05) is 11.0 Å². The first-order valence-corrected chi connectivity index (χ1v) is 6.69. The zero-order valence-corrected chi connectivity index (χ0v) is 11.0. The van der Waals surface area contributed by atoms with Crippen molar-refractivity contribution in [2.45, 2.75) is 18.9 Å². The van der Waals surface area contributed by atoms with Crippen LogP contribution in [0.1, 0.15) is 12.8 Å². The predicted octanol–water partition coefficient (Wildman–Crippen LogP) is 2.07. The van der Waals surface area contributed by atoms with Crippen LogP contribution >= 0.6 is 0 Å². The van der Waals surface area contributed by atoms with Crippen LogP contribution in [0, 0.1) is 10.1 Å². The molecule has 1 aliphatic rings. The molecular weight excluding hydrogens is 256 g/mol. The van der Waals surface area contributed by atoms with E-state index in [1.165, 1.54) is 0 Å². The number of benzene rings is 1. The highest BCUT2D eigenvalue weighted by atomic mass is 16.6. The monoisotopic (exact) mass is 272 g/mol. The molecule has 3 rings (SSSR count). The molecule has 1 fully saturated rings. The minimum Gasteiger partial charge on any atom is -0.364 e. The van der Waals surface area contributed by atoms with Gasteiger partial charge in [-0.25, -0.2) is 0 Å². The highest BCUT2D eigenvalue weighted by molar-refractivity contribution is 5.94. The van der Waals surface area contributed by atoms with Gasteiger partial charge in [0.25, 0.3) is 0 Å². The number of nitrogens with two attached hydrogens (primary N) is 1. The van der Waals surface area contributed by atoms with Gasteiger partial charge in [-0.2, -0.15) is 0 Å². The van der Waals surface area contributed by atoms with Crippen LogP contribution < -0.4 is 10.6 Å². The summed E-state index contributed by atoms with van der Waals surface area (Å²) in [6.07, 6.45) is 3.57. The number of nitro benzene ring substituents is 1. The van der Waals surface area contributed by atoms with E-state index in [4.69, 9.17) is 5.73 Å². The van der Waals surface area contributed by atoms with Crippen molar-refractivity contribution in [1.82, 2.24) is 4.98 Å². The van der Waals surface area contributed by atoms with E-state index >= 15 is 0 Å². The number of hydrogen-bond donors (Lipinski definition) is 1. The molecule has 0 saturated carbocycles. The van der Waals surface area contributed by atoms with Gasteiger partial charge in [0.1, 0.15) is 5.69 Å². The first-order valence-electron chi connectivity index (χ1n) is 6.69. The Labute approximate surface area is 116 Å². The molecule has 1 aliphatic heterocycles. The van der Waals surface area contributed by atoms with E-state index in [0.717, 1.165) is 19.4 Å². The van der Waals surface area contributed by atoms with E-state index in [9.17, 15) is 10.1 Å². The average Bonchev–Trinajstić information content (AvgIpc) is 2.45. The Balaban J connectivity index is 2.14. The molecule has 0 radical (unpaired) electrons. The van der Waals surface area contributed by atoms with Gasteiger partial charge in [0.15, 0.2) is 0 Å². The minimum absolute atomic E-state index is 0.0768. The molecule has 0 unspecified atom stereocenters. The van der Waals surface area contributed by atoms with Crippen LogP contribution in [0.25, 0.3) is 10.9 Å². The van der Waals surface area contributed by atoms with Gasteiger partial charge in [0.05, 0.1) is 15.8 Å². The second-order valence-electron chi connectivity index (χ2n) is 5.11. The third kappa shape index (κ3) is 2.18. The van der Waals surface area contributed by atoms with Gasteiger partial charge in [0.2, 0.25) is 0 Å². The molecule has 104 valence electrons. The topological polar surface area (TPSA) is 85.3 Å². The molecular formula is C14H16N4O2. The number of piperidine rings is 1. The number of nitro groups is 1. The fourth-order valence-electron chi connectivity index (χ4n) is 2.80. The lowest BCUT2D eigenvalue weighted by Gasteiger charge is -2.32. The number of pyridine rings is 1. The fraction of sp³-hybridized carbons (Fsp3) is 0.357. The Morgan fingerprint density at radius 2 is 2.25 bits per heavy atom. The molecule has 0 spiro atoms. The van der Waals surface area contributed by atoms with Crippen LogP contribution in [-0.4, -0.2) is 29.0 Å². The third-order valence-electron chi connectivity index (χ3n) is 3.72. The zero-order chi connectivity index (χ0) is 14.1. The second kappa shape index (κ2) is 5.05. The first-order chi connectivity index (χ1) is 9.66. The molecule has 1 saturated heterocycles. The van der Waals surface area contributed by atoms with Crippen molar-refractivity contribution < 1.29 is 4.92 Å². The molecule has 0 aliphatic carbocycles. The van der Waals surface area contributed by atoms with Crippen molar-refractivity contribution in [3.8, 4) is 0 Å². The van der Waals surface area contributed by atoms with Crippen LogP contribution in [0.4, 0.5) is 11.4 Å². The quantitative estimate of drug-likeness (QED) is 0.668. The molecule has 1 aromatic carbocycles. The Morgan fingerprint density at radius 1 is 1.40 bits per heavy atom. The maximum atomic E-state index is 11.5. The largest absolute Gasteiger partial charge is 0.364 e. The lowest BCUT2D eigenvalue weighted by Crippen LogP contribution is -2.43. The van der Waals surface area contributed by atoms with Crippen molar-refractivity contribution in [2.24, 2.45) is 5.73 Å². The van der Waals surface area contributed by atoms with Crippen molar-refractivity contribution in [3.63, 3.8) is 0 Å². The van der Waals surface area contributed by atoms with E-state index in [-0.39, 0.29) is 16.7 Å². The number of anilines is 1. The lowest BCUT2D eigenvalue weighted by atomic mass is 10.0. The van der Waals surface area contributed by atoms with Crippen molar-refractivity contribution >= 4 is 22.3 Å². The van der Waals surface area contributed by atoms with E-state index in [0.29, 0.717) is 23.1 Å². The summed E-state index contributed by atoms with van der Waals surface area (Å²) in [4.78, 5) is 17.4. The molecule has 6 nitrogen and oxygen atoms in total. The van der Waals surface area contributed by atoms with Gasteiger partial charge < -0.3 is 10.6 Å². The van der Waals surface area contributed by atoms with E-state index in [1.54, 1.807) is 24.4 Å². The summed E-state index contributed by atoms with van der Waals surface area (Å²) in [5, 5.41) is 12.1. The summed E-state index contributed by atoms with van der Waals surface area (Å²) in [5.74, 6) is 0. The van der Waals surface area contributed by atoms with Gasteiger partial charge in [-0.1, -0.05) is 0 Å². The average molecular weight is 272 g/mol. The molecule has 20 heavy (non-hydrogen) atoms. The van der Waals surface area contributed by atoms with Crippen LogP contribution in [0.15, 0.2) is 30.5 Å². The summed E-state index contributed by atoms with van der Waals surface area (Å²) in [7, 11) is 0. The lowest BCUT2D eigenvalue weighted by molar-refractivity contribution is -0.382. The standard InChI is InChI=1S/C14H16N4O2/c15-10-3-2-8-17(9-10)13-6-5-12-11(4-1-7-16-12)14(13)18(19)20/h1,4-7,10H,2-3,8-9,15H2/t10-/m1/s1. The summed E-state index contributed by atoms with van der Waals surface area (Å²) < 4.78 is 0. The van der Waals surface area contributed by atoms with Gasteiger partial charge in [-0.3, -0.25) is 15.1 Å². The third-order valence-corrected chi connectivity index (χ3v) is 3.72. The molecule has 1 aromatic heterocycles. The maximum absolute atomic E-state index is 11.5. The van der Waals surface area contributed by atoms with Crippen LogP contribution in [0.5, 0.6) is 0 Å². The molecule has 0 bridgehead atoms. The summed E-state index contributed by atoms with van der Waals surface area (Å²) in [6.45, 7) is 1.47. The molecule has 2 heterocycles. The molecule has 1 atom stereocenters. The fourth-order valence-corrected chi connectivity index (χ4v) is 2.80. The number of aromatic nitrogens is 1. The normalized spacial score (nSPS) is 19.2. The molecule has 6 heteroatoms. The minimum atomic E-state index is -0.320. The Morgan fingerprint density at radius 3 is 3.00 bits per heavy atom. The Hall–Kier alpha value is -2.21. The predicted molar refractivity (Wildman–Crippen MR) is 77.8 cm³/mol. The van der Waals surface area contributed by atoms with E-state index in [2.05, 4.69) is 4.98 Å². The highest BCUT2D eigenvalue weighted by Crippen LogP contribution is 2.36. The summed E-state index contributed by atoms with van der Waals surface area (Å²) in [5.41, 5.74) is 7.39. The van der Waals surface area contributed by atoms with Crippen LogP contribution in [-0.2, 0) is 0 Å². The Kier molecular flexibility index (Phi) is 3.23. The van der Waals surface area contributed by atoms with E-state index < -0.39 is 0 Å². The van der Waals surface area contributed by atoms with Crippen molar-refractivity contribution in [1.29, 1.82) is 0 Å². The second-order valence-corrected chi connectivity index (χ2v) is 5.11. The van der Waals surface area contributed by atoms with Crippen molar-refractivity contribution in [3.05, 3.63) is 40.6 Å². The van der Waals surface area contributed by atoms with Crippen molar-refractivity contribution in [2.75, 3.05) is 18.0 Å². The maximum Gasteiger partial charge on any atom is 0.301 e. The summed E-state index contributed by atoms with van der Waals surface area (Å²) >= 11 is 0. The van der Waals surface area contributed by atoms with Gasteiger partial charge in [-0.05, 0) is 37.1 Å². The van der Waals surface area contributed by atoms with Gasteiger partial charge in [-0.15, -0.1) is 0 Å². The number of nitrogens with zero attached hydrogens (tertiary/aromatic N) is 3. The highest BCUT2D eigenvalue weighted by Gasteiger charge is 2.26. The smallest absolute Gasteiger partial charge is 0.301 e. The van der Waals surface area contributed by atoms with Gasteiger partial charge >= 0.3 is 5.69 Å². The number of hydrogen-bond acceptors (Lipinski definition) is 5. The van der Waals surface area contributed by atoms with Gasteiger partial charge in [0, 0.05) is 25.3 Å². The summed E-state index contributed by atoms with van der Waals surface area (Å²) in [6, 6.07) is 7.16. The molecule has 2 N–H and O–H groups in total. The zero-order valence-electron chi connectivity index (χ0n) is 11.0. The van der Waals surface area contributed by atoms with Crippen LogP contribution in [0.2, 0.25) is 0 Å².